The lowest BCUT2D eigenvalue weighted by atomic mass is 10.0. The number of carbonyl (C=O) groups excluding carboxylic acids is 1. The molecule has 4 nitrogen and oxygen atoms in total. The van der Waals surface area contributed by atoms with Crippen LogP contribution in [0.5, 0.6) is 5.75 Å². The molecule has 92 valence electrons. The van der Waals surface area contributed by atoms with E-state index in [4.69, 9.17) is 4.74 Å². The third kappa shape index (κ3) is 2.39. The van der Waals surface area contributed by atoms with Gasteiger partial charge in [-0.25, -0.2) is 4.39 Å². The number of methoxy groups -OCH3 is 1. The zero-order valence-electron chi connectivity index (χ0n) is 9.79. The number of ether oxygens (including phenoxy) is 1. The van der Waals surface area contributed by atoms with Gasteiger partial charge in [-0.1, -0.05) is 0 Å². The highest BCUT2D eigenvalue weighted by Crippen LogP contribution is 2.27. The number of hydrogen-bond acceptors (Lipinski definition) is 3. The lowest BCUT2D eigenvalue weighted by molar-refractivity contribution is -0.125. The van der Waals surface area contributed by atoms with Crippen molar-refractivity contribution in [3.63, 3.8) is 0 Å². The van der Waals surface area contributed by atoms with Crippen LogP contribution in [0.2, 0.25) is 0 Å². The Bertz CT molecular complexity index is 437. The molecule has 1 saturated heterocycles. The summed E-state index contributed by atoms with van der Waals surface area (Å²) in [5.74, 6) is -0.0335. The molecule has 1 aliphatic rings. The number of amides is 1. The second kappa shape index (κ2) is 4.71. The van der Waals surface area contributed by atoms with Gasteiger partial charge in [-0.15, -0.1) is 0 Å². The summed E-state index contributed by atoms with van der Waals surface area (Å²) >= 11 is 0. The molecule has 1 aromatic carbocycles. The van der Waals surface area contributed by atoms with Crippen molar-refractivity contribution in [1.29, 1.82) is 0 Å². The first-order valence-electron chi connectivity index (χ1n) is 5.49. The van der Waals surface area contributed by atoms with Gasteiger partial charge in [-0.3, -0.25) is 10.1 Å². The van der Waals surface area contributed by atoms with Crippen molar-refractivity contribution in [1.82, 2.24) is 10.6 Å². The van der Waals surface area contributed by atoms with Gasteiger partial charge in [0.05, 0.1) is 7.11 Å². The molecule has 2 unspecified atom stereocenters. The summed E-state index contributed by atoms with van der Waals surface area (Å²) in [5, 5.41) is 5.90. The van der Waals surface area contributed by atoms with Crippen LogP contribution in [-0.2, 0) is 4.79 Å². The highest BCUT2D eigenvalue weighted by atomic mass is 19.1. The van der Waals surface area contributed by atoms with Gasteiger partial charge in [-0.2, -0.15) is 0 Å². The monoisotopic (exact) mass is 238 g/mol. The van der Waals surface area contributed by atoms with Crippen molar-refractivity contribution >= 4 is 5.91 Å². The van der Waals surface area contributed by atoms with Gasteiger partial charge in [-0.05, 0) is 25.1 Å². The van der Waals surface area contributed by atoms with Crippen molar-refractivity contribution in [3.8, 4) is 5.75 Å². The van der Waals surface area contributed by atoms with Gasteiger partial charge in [0.25, 0.3) is 0 Å². The van der Waals surface area contributed by atoms with Crippen LogP contribution in [0.4, 0.5) is 4.39 Å². The molecule has 0 aliphatic carbocycles. The maximum Gasteiger partial charge on any atom is 0.241 e. The number of rotatable bonds is 2. The maximum atomic E-state index is 13.2. The standard InChI is InChI=1S/C12H15FN2O2/c1-7-6-14-12(16)11(15-7)9-5-8(13)3-4-10(9)17-2/h3-5,7,11,15H,6H2,1-2H3,(H,14,16). The van der Waals surface area contributed by atoms with Crippen LogP contribution in [0.1, 0.15) is 18.5 Å². The summed E-state index contributed by atoms with van der Waals surface area (Å²) in [6.07, 6.45) is 0. The Morgan fingerprint density at radius 3 is 2.94 bits per heavy atom. The van der Waals surface area contributed by atoms with E-state index in [0.717, 1.165) is 0 Å². The topological polar surface area (TPSA) is 50.4 Å². The predicted octanol–water partition coefficient (Wildman–Crippen LogP) is 0.983. The fraction of sp³-hybridized carbons (Fsp3) is 0.417. The lowest BCUT2D eigenvalue weighted by Crippen LogP contribution is -2.52. The van der Waals surface area contributed by atoms with Gasteiger partial charge >= 0.3 is 0 Å². The summed E-state index contributed by atoms with van der Waals surface area (Å²) in [6, 6.07) is 3.74. The van der Waals surface area contributed by atoms with Crippen LogP contribution in [0, 0.1) is 5.82 Å². The van der Waals surface area contributed by atoms with Crippen LogP contribution < -0.4 is 15.4 Å². The Kier molecular flexibility index (Phi) is 3.28. The first-order valence-corrected chi connectivity index (χ1v) is 5.49. The molecule has 0 spiro atoms. The highest BCUT2D eigenvalue weighted by Gasteiger charge is 2.29. The van der Waals surface area contributed by atoms with E-state index >= 15 is 0 Å². The quantitative estimate of drug-likeness (QED) is 0.807. The SMILES string of the molecule is COc1ccc(F)cc1C1NC(C)CNC1=O. The Morgan fingerprint density at radius 1 is 1.47 bits per heavy atom. The largest absolute Gasteiger partial charge is 0.496 e. The van der Waals surface area contributed by atoms with Crippen LogP contribution in [0.15, 0.2) is 18.2 Å². The Balaban J connectivity index is 2.37. The highest BCUT2D eigenvalue weighted by molar-refractivity contribution is 5.84. The molecule has 0 radical (unpaired) electrons. The molecule has 0 aromatic heterocycles. The zero-order valence-corrected chi connectivity index (χ0v) is 9.79. The molecule has 1 aromatic rings. The molecule has 1 amide bonds. The molecular weight excluding hydrogens is 223 g/mol. The second-order valence-corrected chi connectivity index (χ2v) is 4.13. The normalized spacial score (nSPS) is 24.3. The average Bonchev–Trinajstić information content (AvgIpc) is 2.32. The number of nitrogens with one attached hydrogen (secondary N) is 2. The molecule has 5 heteroatoms. The van der Waals surface area contributed by atoms with Crippen molar-refractivity contribution < 1.29 is 13.9 Å². The molecule has 0 saturated carbocycles. The van der Waals surface area contributed by atoms with Gasteiger partial charge in [0.1, 0.15) is 17.6 Å². The molecular formula is C12H15FN2O2. The van der Waals surface area contributed by atoms with E-state index in [2.05, 4.69) is 10.6 Å². The van der Waals surface area contributed by atoms with E-state index in [1.54, 1.807) is 0 Å². The average molecular weight is 238 g/mol. The molecule has 1 fully saturated rings. The van der Waals surface area contributed by atoms with E-state index in [1.165, 1.54) is 25.3 Å². The maximum absolute atomic E-state index is 13.2. The number of hydrogen-bond donors (Lipinski definition) is 2. The van der Waals surface area contributed by atoms with Crippen LogP contribution >= 0.6 is 0 Å². The van der Waals surface area contributed by atoms with Crippen molar-refractivity contribution in [2.24, 2.45) is 0 Å². The third-order valence-electron chi connectivity index (χ3n) is 2.80. The second-order valence-electron chi connectivity index (χ2n) is 4.13. The molecule has 17 heavy (non-hydrogen) atoms. The van der Waals surface area contributed by atoms with Crippen molar-refractivity contribution in [2.45, 2.75) is 19.0 Å². The molecule has 1 heterocycles. The first-order chi connectivity index (χ1) is 8.11. The molecule has 0 bridgehead atoms. The minimum Gasteiger partial charge on any atom is -0.496 e. The number of benzene rings is 1. The van der Waals surface area contributed by atoms with Gasteiger partial charge in [0.2, 0.25) is 5.91 Å². The van der Waals surface area contributed by atoms with Crippen molar-refractivity contribution in [3.05, 3.63) is 29.6 Å². The first kappa shape index (κ1) is 11.9. The van der Waals surface area contributed by atoms with E-state index in [-0.39, 0.29) is 17.8 Å². The molecule has 2 rings (SSSR count). The summed E-state index contributed by atoms with van der Waals surface area (Å²) in [5.41, 5.74) is 0.525. The smallest absolute Gasteiger partial charge is 0.241 e. The lowest BCUT2D eigenvalue weighted by Gasteiger charge is -2.29. The van der Waals surface area contributed by atoms with E-state index in [1.807, 2.05) is 6.92 Å². The number of carbonyl (C=O) groups is 1. The van der Waals surface area contributed by atoms with Gasteiger partial charge in [0, 0.05) is 18.2 Å². The summed E-state index contributed by atoms with van der Waals surface area (Å²) in [7, 11) is 1.50. The summed E-state index contributed by atoms with van der Waals surface area (Å²) < 4.78 is 18.4. The third-order valence-corrected chi connectivity index (χ3v) is 2.80. The van der Waals surface area contributed by atoms with Crippen molar-refractivity contribution in [2.75, 3.05) is 13.7 Å². The minimum atomic E-state index is -0.565. The van der Waals surface area contributed by atoms with Gasteiger partial charge in [0.15, 0.2) is 0 Å². The van der Waals surface area contributed by atoms with E-state index < -0.39 is 6.04 Å². The Hall–Kier alpha value is -1.62. The number of halogens is 1. The van der Waals surface area contributed by atoms with E-state index in [9.17, 15) is 9.18 Å². The van der Waals surface area contributed by atoms with Crippen LogP contribution in [-0.4, -0.2) is 25.6 Å². The fourth-order valence-corrected chi connectivity index (χ4v) is 1.94. The van der Waals surface area contributed by atoms with Gasteiger partial charge < -0.3 is 10.1 Å². The number of piperazine rings is 1. The predicted molar refractivity (Wildman–Crippen MR) is 61.3 cm³/mol. The molecule has 1 aliphatic heterocycles. The molecule has 2 atom stereocenters. The molecule has 2 N–H and O–H groups in total. The summed E-state index contributed by atoms with van der Waals surface area (Å²) in [4.78, 5) is 11.8. The van der Waals surface area contributed by atoms with E-state index in [0.29, 0.717) is 17.9 Å². The van der Waals surface area contributed by atoms with Crippen LogP contribution in [0.3, 0.4) is 0 Å². The minimum absolute atomic E-state index is 0.144. The zero-order chi connectivity index (χ0) is 12.4. The summed E-state index contributed by atoms with van der Waals surface area (Å²) in [6.45, 7) is 2.53. The van der Waals surface area contributed by atoms with Crippen LogP contribution in [0.25, 0.3) is 0 Å². The Labute approximate surface area is 99.2 Å². The Morgan fingerprint density at radius 2 is 2.24 bits per heavy atom. The fourth-order valence-electron chi connectivity index (χ4n) is 1.94.